The number of nitrogens with one attached hydrogen (secondary N) is 1. The molecule has 4 aromatic rings. The Labute approximate surface area is 192 Å². The maximum atomic E-state index is 6.51. The van der Waals surface area contributed by atoms with Gasteiger partial charge in [0, 0.05) is 56.7 Å². The number of pyridine rings is 1. The average Bonchev–Trinajstić information content (AvgIpc) is 3.56. The SMILES string of the molecule is Cc1ncc2c(CCN3CCC(OC4CCN(c5nc6ccccn6n5)CC4)C3)c[nH]c2n1. The van der Waals surface area contributed by atoms with Crippen molar-refractivity contribution in [2.75, 3.05) is 37.6 Å². The van der Waals surface area contributed by atoms with Gasteiger partial charge < -0.3 is 19.5 Å². The molecule has 172 valence electrons. The number of piperidine rings is 1. The second-order valence-corrected chi connectivity index (χ2v) is 9.19. The van der Waals surface area contributed by atoms with Gasteiger partial charge in [0.25, 0.3) is 0 Å². The molecular formula is C24H30N8O. The first-order valence-corrected chi connectivity index (χ1v) is 11.9. The molecule has 0 spiro atoms. The van der Waals surface area contributed by atoms with Gasteiger partial charge in [-0.05, 0) is 50.3 Å². The van der Waals surface area contributed by atoms with Crippen molar-refractivity contribution in [3.63, 3.8) is 0 Å². The molecular weight excluding hydrogens is 416 g/mol. The first-order valence-electron chi connectivity index (χ1n) is 11.9. The summed E-state index contributed by atoms with van der Waals surface area (Å²) in [5.41, 5.74) is 3.12. The Bertz CT molecular complexity index is 1210. The molecule has 6 rings (SSSR count). The van der Waals surface area contributed by atoms with E-state index in [1.807, 2.05) is 42.0 Å². The second kappa shape index (κ2) is 8.72. The summed E-state index contributed by atoms with van der Waals surface area (Å²) in [6.45, 7) is 6.97. The highest BCUT2D eigenvalue weighted by Gasteiger charge is 2.29. The van der Waals surface area contributed by atoms with Crippen LogP contribution in [0.3, 0.4) is 0 Å². The molecule has 2 fully saturated rings. The summed E-state index contributed by atoms with van der Waals surface area (Å²) in [5.74, 6) is 1.63. The van der Waals surface area contributed by atoms with E-state index in [9.17, 15) is 0 Å². The van der Waals surface area contributed by atoms with Crippen molar-refractivity contribution in [3.8, 4) is 0 Å². The third-order valence-electron chi connectivity index (χ3n) is 6.90. The first-order chi connectivity index (χ1) is 16.2. The van der Waals surface area contributed by atoms with Crippen molar-refractivity contribution in [2.24, 2.45) is 0 Å². The summed E-state index contributed by atoms with van der Waals surface area (Å²) < 4.78 is 8.35. The number of nitrogens with zero attached hydrogens (tertiary/aromatic N) is 7. The van der Waals surface area contributed by atoms with E-state index in [1.54, 1.807) is 0 Å². The molecule has 0 saturated carbocycles. The van der Waals surface area contributed by atoms with E-state index in [-0.39, 0.29) is 0 Å². The highest BCUT2D eigenvalue weighted by atomic mass is 16.5. The third-order valence-corrected chi connectivity index (χ3v) is 6.90. The first kappa shape index (κ1) is 20.6. The lowest BCUT2D eigenvalue weighted by molar-refractivity contribution is -0.0178. The van der Waals surface area contributed by atoms with Crippen LogP contribution in [-0.4, -0.2) is 79.4 Å². The molecule has 0 aliphatic carbocycles. The summed E-state index contributed by atoms with van der Waals surface area (Å²) in [4.78, 5) is 21.6. The Hall–Kier alpha value is -3.04. The van der Waals surface area contributed by atoms with Gasteiger partial charge in [-0.2, -0.15) is 4.98 Å². The number of ether oxygens (including phenoxy) is 1. The Balaban J connectivity index is 0.975. The van der Waals surface area contributed by atoms with Crippen molar-refractivity contribution in [2.45, 2.75) is 44.8 Å². The largest absolute Gasteiger partial charge is 0.373 e. The van der Waals surface area contributed by atoms with E-state index in [0.717, 1.165) is 86.9 Å². The number of anilines is 1. The highest BCUT2D eigenvalue weighted by molar-refractivity contribution is 5.78. The van der Waals surface area contributed by atoms with Crippen molar-refractivity contribution in [3.05, 3.63) is 48.2 Å². The fourth-order valence-corrected chi connectivity index (χ4v) is 5.06. The molecule has 2 aliphatic heterocycles. The van der Waals surface area contributed by atoms with Gasteiger partial charge in [0.1, 0.15) is 11.5 Å². The molecule has 1 unspecified atom stereocenters. The summed E-state index contributed by atoms with van der Waals surface area (Å²) in [7, 11) is 0. The monoisotopic (exact) mass is 446 g/mol. The molecule has 33 heavy (non-hydrogen) atoms. The lowest BCUT2D eigenvalue weighted by atomic mass is 10.1. The Morgan fingerprint density at radius 1 is 1.09 bits per heavy atom. The van der Waals surface area contributed by atoms with E-state index in [2.05, 4.69) is 41.0 Å². The predicted molar refractivity (Wildman–Crippen MR) is 126 cm³/mol. The van der Waals surface area contributed by atoms with Gasteiger partial charge in [0.2, 0.25) is 5.95 Å². The maximum Gasteiger partial charge on any atom is 0.245 e. The van der Waals surface area contributed by atoms with Crippen LogP contribution in [0.5, 0.6) is 0 Å². The molecule has 0 bridgehead atoms. The van der Waals surface area contributed by atoms with E-state index in [0.29, 0.717) is 12.2 Å². The van der Waals surface area contributed by atoms with E-state index < -0.39 is 0 Å². The summed E-state index contributed by atoms with van der Waals surface area (Å²) in [5, 5.41) is 5.75. The van der Waals surface area contributed by atoms with E-state index in [4.69, 9.17) is 4.74 Å². The predicted octanol–water partition coefficient (Wildman–Crippen LogP) is 2.61. The quantitative estimate of drug-likeness (QED) is 0.487. The third kappa shape index (κ3) is 4.30. The van der Waals surface area contributed by atoms with Gasteiger partial charge in [-0.3, -0.25) is 0 Å². The smallest absolute Gasteiger partial charge is 0.245 e. The normalized spacial score (nSPS) is 20.4. The molecule has 0 radical (unpaired) electrons. The molecule has 4 aromatic heterocycles. The van der Waals surface area contributed by atoms with Crippen molar-refractivity contribution < 1.29 is 4.74 Å². The minimum Gasteiger partial charge on any atom is -0.373 e. The number of fused-ring (bicyclic) bond motifs is 2. The van der Waals surface area contributed by atoms with Crippen molar-refractivity contribution in [1.29, 1.82) is 0 Å². The molecule has 1 N–H and O–H groups in total. The number of aryl methyl sites for hydroxylation is 1. The van der Waals surface area contributed by atoms with Crippen LogP contribution < -0.4 is 4.90 Å². The van der Waals surface area contributed by atoms with E-state index in [1.165, 1.54) is 5.56 Å². The standard InChI is InChI=1S/C24H30N8O/c1-17-25-15-21-18(14-26-23(21)27-17)5-10-30-11-6-20(16-30)33-19-7-12-31(13-8-19)24-28-22-4-2-3-9-32(22)29-24/h2-4,9,14-15,19-20H,5-8,10-13,16H2,1H3,(H,25,26,27). The van der Waals surface area contributed by atoms with Crippen LogP contribution >= 0.6 is 0 Å². The minimum absolute atomic E-state index is 0.331. The van der Waals surface area contributed by atoms with Crippen LogP contribution in [0.15, 0.2) is 36.8 Å². The zero-order valence-electron chi connectivity index (χ0n) is 19.0. The molecule has 1 atom stereocenters. The van der Waals surface area contributed by atoms with E-state index >= 15 is 0 Å². The van der Waals surface area contributed by atoms with Crippen LogP contribution in [0, 0.1) is 6.92 Å². The van der Waals surface area contributed by atoms with Crippen molar-refractivity contribution in [1.82, 2.24) is 34.4 Å². The average molecular weight is 447 g/mol. The molecule has 6 heterocycles. The second-order valence-electron chi connectivity index (χ2n) is 9.19. The fourth-order valence-electron chi connectivity index (χ4n) is 5.06. The molecule has 0 amide bonds. The highest BCUT2D eigenvalue weighted by Crippen LogP contribution is 2.24. The van der Waals surface area contributed by atoms with Gasteiger partial charge in [-0.1, -0.05) is 6.07 Å². The van der Waals surface area contributed by atoms with Gasteiger partial charge in [-0.25, -0.2) is 14.5 Å². The van der Waals surface area contributed by atoms with Gasteiger partial charge in [0.15, 0.2) is 5.65 Å². The van der Waals surface area contributed by atoms with Crippen LogP contribution in [0.1, 0.15) is 30.7 Å². The minimum atomic E-state index is 0.331. The lowest BCUT2D eigenvalue weighted by Crippen LogP contribution is -2.39. The number of rotatable bonds is 6. The summed E-state index contributed by atoms with van der Waals surface area (Å²) >= 11 is 0. The summed E-state index contributed by atoms with van der Waals surface area (Å²) in [6, 6.07) is 5.96. The van der Waals surface area contributed by atoms with Crippen LogP contribution in [0.4, 0.5) is 5.95 Å². The maximum absolute atomic E-state index is 6.51. The zero-order chi connectivity index (χ0) is 22.2. The lowest BCUT2D eigenvalue weighted by Gasteiger charge is -2.32. The molecule has 2 aliphatic rings. The number of aromatic amines is 1. The topological polar surface area (TPSA) is 87.5 Å². The Kier molecular flexibility index (Phi) is 5.43. The van der Waals surface area contributed by atoms with Crippen LogP contribution in [0.2, 0.25) is 0 Å². The van der Waals surface area contributed by atoms with Crippen LogP contribution in [0.25, 0.3) is 16.7 Å². The van der Waals surface area contributed by atoms with Crippen LogP contribution in [-0.2, 0) is 11.2 Å². The molecule has 9 nitrogen and oxygen atoms in total. The fraction of sp³-hybridized carbons (Fsp3) is 0.500. The number of hydrogen-bond donors (Lipinski definition) is 1. The Morgan fingerprint density at radius 3 is 2.85 bits per heavy atom. The molecule has 9 heteroatoms. The van der Waals surface area contributed by atoms with Gasteiger partial charge in [0.05, 0.1) is 12.2 Å². The number of likely N-dealkylation sites (tertiary alicyclic amines) is 1. The summed E-state index contributed by atoms with van der Waals surface area (Å²) in [6.07, 6.45) is 10.8. The Morgan fingerprint density at radius 2 is 1.97 bits per heavy atom. The van der Waals surface area contributed by atoms with Gasteiger partial charge >= 0.3 is 0 Å². The van der Waals surface area contributed by atoms with Gasteiger partial charge in [-0.15, -0.1) is 5.10 Å². The molecule has 2 saturated heterocycles. The molecule has 0 aromatic carbocycles. The number of aromatic nitrogens is 6. The zero-order valence-corrected chi connectivity index (χ0v) is 19.0. The van der Waals surface area contributed by atoms with Crippen molar-refractivity contribution >= 4 is 22.6 Å². The number of hydrogen-bond acceptors (Lipinski definition) is 7. The number of H-pyrrole nitrogens is 1.